The second-order valence-electron chi connectivity index (χ2n) is 5.97. The summed E-state index contributed by atoms with van der Waals surface area (Å²) in [5.74, 6) is 0.889. The fraction of sp³-hybridized carbons (Fsp3) is 0.278. The van der Waals surface area contributed by atoms with Gasteiger partial charge in [-0.3, -0.25) is 14.5 Å². The van der Waals surface area contributed by atoms with Crippen LogP contribution in [0.5, 0.6) is 0 Å². The zero-order valence-corrected chi connectivity index (χ0v) is 15.9. The summed E-state index contributed by atoms with van der Waals surface area (Å²) in [6.45, 7) is 3.87. The van der Waals surface area contributed by atoms with Gasteiger partial charge in [0.05, 0.1) is 0 Å². The third-order valence-corrected chi connectivity index (χ3v) is 4.39. The van der Waals surface area contributed by atoms with Crippen molar-refractivity contribution in [1.82, 2.24) is 29.7 Å². The summed E-state index contributed by atoms with van der Waals surface area (Å²) in [6, 6.07) is 8.69. The van der Waals surface area contributed by atoms with Gasteiger partial charge in [-0.25, -0.2) is 9.97 Å². The molecule has 1 N–H and O–H groups in total. The van der Waals surface area contributed by atoms with Crippen molar-refractivity contribution < 1.29 is 0 Å². The number of imidazole rings is 1. The van der Waals surface area contributed by atoms with Crippen molar-refractivity contribution in [3.63, 3.8) is 0 Å². The monoisotopic (exact) mass is 392 g/mol. The van der Waals surface area contributed by atoms with E-state index >= 15 is 0 Å². The smallest absolute Gasteiger partial charge is 0.137 e. The molecule has 4 heterocycles. The first kappa shape index (κ1) is 20.3. The predicted octanol–water partition coefficient (Wildman–Crippen LogP) is 2.65. The first-order valence-electron chi connectivity index (χ1n) is 8.18. The van der Waals surface area contributed by atoms with Gasteiger partial charge in [0.2, 0.25) is 0 Å². The summed E-state index contributed by atoms with van der Waals surface area (Å²) in [5, 5.41) is 3.48. The summed E-state index contributed by atoms with van der Waals surface area (Å²) in [6.07, 6.45) is 11.2. The van der Waals surface area contributed by atoms with Gasteiger partial charge >= 0.3 is 0 Å². The van der Waals surface area contributed by atoms with Crippen LogP contribution in [0, 0.1) is 0 Å². The number of rotatable bonds is 4. The molecule has 0 aromatic carbocycles. The Balaban J connectivity index is 0.00000121. The molecule has 0 bridgehead atoms. The van der Waals surface area contributed by atoms with Crippen LogP contribution in [0.15, 0.2) is 61.6 Å². The number of hydrogen-bond acceptors (Lipinski definition) is 5. The molecule has 0 aliphatic carbocycles. The molecule has 1 fully saturated rings. The maximum Gasteiger partial charge on any atom is 0.137 e. The van der Waals surface area contributed by atoms with Gasteiger partial charge in [-0.05, 0) is 23.3 Å². The van der Waals surface area contributed by atoms with Gasteiger partial charge in [0, 0.05) is 63.2 Å². The number of aromatic nitrogens is 4. The Morgan fingerprint density at radius 3 is 2.69 bits per heavy atom. The van der Waals surface area contributed by atoms with Gasteiger partial charge in [-0.15, -0.1) is 24.8 Å². The molecule has 0 radical (unpaired) electrons. The fourth-order valence-corrected chi connectivity index (χ4v) is 3.13. The van der Waals surface area contributed by atoms with Gasteiger partial charge in [0.25, 0.3) is 0 Å². The summed E-state index contributed by atoms with van der Waals surface area (Å²) >= 11 is 0. The lowest BCUT2D eigenvalue weighted by Crippen LogP contribution is -2.45. The lowest BCUT2D eigenvalue weighted by Gasteiger charge is -2.36. The second-order valence-corrected chi connectivity index (χ2v) is 5.97. The molecular formula is C18H22Cl2N6. The molecule has 1 atom stereocenters. The number of hydrogen-bond donors (Lipinski definition) is 1. The summed E-state index contributed by atoms with van der Waals surface area (Å²) in [5.41, 5.74) is 2.47. The first-order chi connectivity index (χ1) is 11.9. The molecule has 4 rings (SSSR count). The Hall–Kier alpha value is -1.99. The molecule has 0 amide bonds. The van der Waals surface area contributed by atoms with Crippen molar-refractivity contribution in [3.05, 3.63) is 72.7 Å². The third-order valence-electron chi connectivity index (χ3n) is 4.39. The zero-order valence-electron chi connectivity index (χ0n) is 14.2. The number of piperazine rings is 1. The Labute approximate surface area is 165 Å². The van der Waals surface area contributed by atoms with Crippen LogP contribution in [0.2, 0.25) is 0 Å². The molecule has 138 valence electrons. The van der Waals surface area contributed by atoms with E-state index in [1.165, 1.54) is 11.1 Å². The first-order valence-corrected chi connectivity index (χ1v) is 8.18. The summed E-state index contributed by atoms with van der Waals surface area (Å²) in [4.78, 5) is 15.4. The highest BCUT2D eigenvalue weighted by Gasteiger charge is 2.23. The number of nitrogens with zero attached hydrogens (tertiary/aromatic N) is 5. The molecule has 3 aromatic heterocycles. The van der Waals surface area contributed by atoms with Crippen molar-refractivity contribution in [2.24, 2.45) is 0 Å². The summed E-state index contributed by atoms with van der Waals surface area (Å²) < 4.78 is 1.91. The molecule has 1 saturated heterocycles. The highest BCUT2D eigenvalue weighted by molar-refractivity contribution is 5.85. The van der Waals surface area contributed by atoms with E-state index in [9.17, 15) is 0 Å². The van der Waals surface area contributed by atoms with E-state index in [1.54, 1.807) is 12.5 Å². The fourth-order valence-electron chi connectivity index (χ4n) is 3.13. The molecule has 1 aliphatic rings. The minimum absolute atomic E-state index is 0. The van der Waals surface area contributed by atoms with Crippen LogP contribution in [0.25, 0.3) is 5.82 Å². The predicted molar refractivity (Wildman–Crippen MR) is 106 cm³/mol. The van der Waals surface area contributed by atoms with E-state index in [0.29, 0.717) is 6.04 Å². The van der Waals surface area contributed by atoms with E-state index in [-0.39, 0.29) is 24.8 Å². The molecule has 0 spiro atoms. The number of nitrogens with one attached hydrogen (secondary N) is 1. The highest BCUT2D eigenvalue weighted by atomic mass is 35.5. The Bertz CT molecular complexity index is 764. The van der Waals surface area contributed by atoms with E-state index in [1.807, 2.05) is 41.5 Å². The van der Waals surface area contributed by atoms with Gasteiger partial charge < -0.3 is 5.32 Å². The zero-order chi connectivity index (χ0) is 16.2. The molecule has 6 nitrogen and oxygen atoms in total. The highest BCUT2D eigenvalue weighted by Crippen LogP contribution is 2.23. The normalized spacial score (nSPS) is 17.2. The molecule has 1 aliphatic heterocycles. The van der Waals surface area contributed by atoms with Gasteiger partial charge in [-0.2, -0.15) is 0 Å². The molecule has 0 saturated carbocycles. The quantitative estimate of drug-likeness (QED) is 0.739. The van der Waals surface area contributed by atoms with E-state index < -0.39 is 0 Å². The van der Waals surface area contributed by atoms with Crippen molar-refractivity contribution >= 4 is 24.8 Å². The van der Waals surface area contributed by atoms with Crippen LogP contribution in [0.1, 0.15) is 17.2 Å². The van der Waals surface area contributed by atoms with Crippen LogP contribution in [-0.2, 0) is 6.54 Å². The maximum absolute atomic E-state index is 4.55. The van der Waals surface area contributed by atoms with Crippen molar-refractivity contribution in [2.75, 3.05) is 19.6 Å². The van der Waals surface area contributed by atoms with Crippen molar-refractivity contribution in [1.29, 1.82) is 0 Å². The third kappa shape index (κ3) is 4.59. The minimum atomic E-state index is 0. The Morgan fingerprint density at radius 2 is 2.00 bits per heavy atom. The van der Waals surface area contributed by atoms with Gasteiger partial charge in [0.1, 0.15) is 12.1 Å². The average Bonchev–Trinajstić information content (AvgIpc) is 3.18. The molecule has 3 aromatic rings. The number of pyridine rings is 2. The lowest BCUT2D eigenvalue weighted by molar-refractivity contribution is 0.153. The van der Waals surface area contributed by atoms with Gasteiger partial charge in [0.15, 0.2) is 0 Å². The van der Waals surface area contributed by atoms with Crippen LogP contribution >= 0.6 is 24.8 Å². The Kier molecular flexibility index (Phi) is 7.53. The second kappa shape index (κ2) is 9.64. The molecule has 1 unspecified atom stereocenters. The summed E-state index contributed by atoms with van der Waals surface area (Å²) in [7, 11) is 0. The van der Waals surface area contributed by atoms with E-state index in [4.69, 9.17) is 0 Å². The van der Waals surface area contributed by atoms with Gasteiger partial charge in [-0.1, -0.05) is 12.1 Å². The molecule has 26 heavy (non-hydrogen) atoms. The SMILES string of the molecule is Cl.Cl.c1cncc(C2CNCCN2Cc2ccc(-n3ccnc3)nc2)c1. The molecular weight excluding hydrogens is 371 g/mol. The van der Waals surface area contributed by atoms with Crippen LogP contribution in [0.3, 0.4) is 0 Å². The van der Waals surface area contributed by atoms with Crippen molar-refractivity contribution in [2.45, 2.75) is 12.6 Å². The number of halogens is 2. The largest absolute Gasteiger partial charge is 0.314 e. The Morgan fingerprint density at radius 1 is 1.08 bits per heavy atom. The lowest BCUT2D eigenvalue weighted by atomic mass is 10.0. The van der Waals surface area contributed by atoms with Crippen LogP contribution in [-0.4, -0.2) is 44.1 Å². The van der Waals surface area contributed by atoms with Crippen LogP contribution < -0.4 is 5.32 Å². The minimum Gasteiger partial charge on any atom is -0.314 e. The van der Waals surface area contributed by atoms with E-state index in [0.717, 1.165) is 32.0 Å². The van der Waals surface area contributed by atoms with E-state index in [2.05, 4.69) is 37.3 Å². The average molecular weight is 393 g/mol. The molecule has 8 heteroatoms. The van der Waals surface area contributed by atoms with Crippen molar-refractivity contribution in [3.8, 4) is 5.82 Å². The maximum atomic E-state index is 4.55. The topological polar surface area (TPSA) is 58.9 Å². The van der Waals surface area contributed by atoms with Crippen LogP contribution in [0.4, 0.5) is 0 Å². The standard InChI is InChI=1S/C18H20N6.2ClH/c1-2-16(11-19-5-1)17-12-20-6-8-23(17)13-15-3-4-18(22-10-15)24-9-7-21-14-24;;/h1-5,7,9-11,14,17,20H,6,8,12-13H2;2*1H.